The van der Waals surface area contributed by atoms with Crippen LogP contribution >= 0.6 is 0 Å². The van der Waals surface area contributed by atoms with E-state index in [1.54, 1.807) is 0 Å². The second-order valence-corrected chi connectivity index (χ2v) is 19.0. The van der Waals surface area contributed by atoms with Gasteiger partial charge in [0.05, 0.1) is 6.61 Å². The van der Waals surface area contributed by atoms with Crippen LogP contribution in [0, 0.1) is 0 Å². The van der Waals surface area contributed by atoms with Gasteiger partial charge in [-0.2, -0.15) is 0 Å². The molecule has 386 valence electrons. The summed E-state index contributed by atoms with van der Waals surface area (Å²) in [7, 11) is 0. The first kappa shape index (κ1) is 64.1. The number of hydrogen-bond acceptors (Lipinski definition) is 5. The van der Waals surface area contributed by atoms with E-state index >= 15 is 0 Å². The minimum absolute atomic E-state index is 0.0727. The molecule has 0 saturated carbocycles. The summed E-state index contributed by atoms with van der Waals surface area (Å²) in [6.07, 6.45) is 80.0. The maximum absolute atomic E-state index is 12.3. The zero-order chi connectivity index (χ0) is 48.5. The summed E-state index contributed by atoms with van der Waals surface area (Å²) < 4.78 is 10.7. The quantitative estimate of drug-likeness (QED) is 0.0374. The number of aliphatic hydroxyl groups is 1. The normalized spacial score (nSPS) is 12.8. The van der Waals surface area contributed by atoms with Gasteiger partial charge in [-0.25, -0.2) is 0 Å². The lowest BCUT2D eigenvalue weighted by atomic mass is 10.0. The van der Waals surface area contributed by atoms with E-state index in [1.165, 1.54) is 167 Å². The minimum Gasteiger partial charge on any atom is -0.462 e. The van der Waals surface area contributed by atoms with Crippen LogP contribution in [-0.2, 0) is 19.1 Å². The summed E-state index contributed by atoms with van der Waals surface area (Å²) in [4.78, 5) is 24.5. The Morgan fingerprint density at radius 3 is 0.970 bits per heavy atom. The van der Waals surface area contributed by atoms with Gasteiger partial charge in [-0.1, -0.05) is 259 Å². The van der Waals surface area contributed by atoms with Gasteiger partial charge in [-0.05, 0) is 89.9 Å². The van der Waals surface area contributed by atoms with Crippen LogP contribution in [0.5, 0.6) is 0 Å². The predicted octanol–water partition coefficient (Wildman–Crippen LogP) is 19.4. The highest BCUT2D eigenvalue weighted by Gasteiger charge is 2.16. The number of carbonyl (C=O) groups excluding carboxylic acids is 2. The molecule has 1 atom stereocenters. The second kappa shape index (κ2) is 57.4. The average molecular weight is 934 g/mol. The van der Waals surface area contributed by atoms with Crippen molar-refractivity contribution >= 4 is 11.9 Å². The van der Waals surface area contributed by atoms with Crippen molar-refractivity contribution in [3.63, 3.8) is 0 Å². The number of ether oxygens (including phenoxy) is 2. The van der Waals surface area contributed by atoms with Gasteiger partial charge in [0, 0.05) is 12.8 Å². The highest BCUT2D eigenvalue weighted by molar-refractivity contribution is 5.70. The summed E-state index contributed by atoms with van der Waals surface area (Å²) in [5.41, 5.74) is 0. The maximum atomic E-state index is 12.3. The highest BCUT2D eigenvalue weighted by atomic mass is 16.6. The fourth-order valence-electron chi connectivity index (χ4n) is 8.14. The van der Waals surface area contributed by atoms with Crippen molar-refractivity contribution in [1.82, 2.24) is 0 Å². The summed E-state index contributed by atoms with van der Waals surface area (Å²) in [5.74, 6) is -0.599. The smallest absolute Gasteiger partial charge is 0.306 e. The molecular formula is C62H108O5. The van der Waals surface area contributed by atoms with Crippen molar-refractivity contribution < 1.29 is 24.2 Å². The van der Waals surface area contributed by atoms with Crippen LogP contribution < -0.4 is 0 Å². The van der Waals surface area contributed by atoms with E-state index in [4.69, 9.17) is 9.47 Å². The Hall–Kier alpha value is -2.92. The molecule has 0 bridgehead atoms. The van der Waals surface area contributed by atoms with E-state index in [0.29, 0.717) is 12.8 Å². The van der Waals surface area contributed by atoms with Gasteiger partial charge < -0.3 is 14.6 Å². The molecule has 0 saturated heterocycles. The van der Waals surface area contributed by atoms with Gasteiger partial charge in [0.2, 0.25) is 0 Å². The molecule has 0 aromatic carbocycles. The van der Waals surface area contributed by atoms with E-state index in [1.807, 2.05) is 0 Å². The summed E-state index contributed by atoms with van der Waals surface area (Å²) in [6.45, 7) is 4.01. The molecule has 5 nitrogen and oxygen atoms in total. The Labute approximate surface area is 416 Å². The summed E-state index contributed by atoms with van der Waals surface area (Å²) >= 11 is 0. The fraction of sp³-hybridized carbons (Fsp3) is 0.742. The van der Waals surface area contributed by atoms with Crippen LogP contribution in [0.25, 0.3) is 0 Å². The van der Waals surface area contributed by atoms with Crippen molar-refractivity contribution in [3.05, 3.63) is 85.1 Å². The number of aliphatic hydroxyl groups excluding tert-OH is 1. The van der Waals surface area contributed by atoms with E-state index in [0.717, 1.165) is 83.5 Å². The van der Waals surface area contributed by atoms with Crippen LogP contribution in [-0.4, -0.2) is 36.4 Å². The van der Waals surface area contributed by atoms with Gasteiger partial charge >= 0.3 is 11.9 Å². The first-order valence-corrected chi connectivity index (χ1v) is 28.6. The Balaban J connectivity index is 3.44. The summed E-state index contributed by atoms with van der Waals surface area (Å²) in [6, 6.07) is 0. The number of carbonyl (C=O) groups is 2. The van der Waals surface area contributed by atoms with Crippen molar-refractivity contribution in [1.29, 1.82) is 0 Å². The maximum Gasteiger partial charge on any atom is 0.306 e. The molecule has 0 heterocycles. The number of esters is 2. The largest absolute Gasteiger partial charge is 0.462 e. The molecule has 1 unspecified atom stereocenters. The van der Waals surface area contributed by atoms with Gasteiger partial charge in [-0.15, -0.1) is 0 Å². The molecule has 0 amide bonds. The van der Waals surface area contributed by atoms with Crippen molar-refractivity contribution in [2.45, 2.75) is 283 Å². The molecule has 67 heavy (non-hydrogen) atoms. The van der Waals surface area contributed by atoms with Crippen LogP contribution in [0.15, 0.2) is 85.1 Å². The van der Waals surface area contributed by atoms with Crippen molar-refractivity contribution in [2.75, 3.05) is 13.2 Å². The Kier molecular flexibility index (Phi) is 54.9. The van der Waals surface area contributed by atoms with Crippen LogP contribution in [0.2, 0.25) is 0 Å². The lowest BCUT2D eigenvalue weighted by Gasteiger charge is -2.15. The molecule has 0 aliphatic rings. The average Bonchev–Trinajstić information content (AvgIpc) is 3.33. The van der Waals surface area contributed by atoms with E-state index in [2.05, 4.69) is 98.9 Å². The van der Waals surface area contributed by atoms with E-state index in [-0.39, 0.29) is 25.2 Å². The summed E-state index contributed by atoms with van der Waals surface area (Å²) in [5, 5.41) is 9.64. The van der Waals surface area contributed by atoms with Gasteiger partial charge in [0.15, 0.2) is 6.10 Å². The molecule has 0 fully saturated rings. The zero-order valence-corrected chi connectivity index (χ0v) is 44.1. The minimum atomic E-state index is -0.779. The molecule has 0 spiro atoms. The molecule has 0 rings (SSSR count). The monoisotopic (exact) mass is 933 g/mol. The van der Waals surface area contributed by atoms with Gasteiger partial charge in [-0.3, -0.25) is 9.59 Å². The molecular weight excluding hydrogens is 825 g/mol. The standard InChI is InChI=1S/C62H108O5/c1-3-5-7-9-11-13-15-17-19-21-22-23-24-25-26-27-28-29-30-31-32-33-34-35-36-37-38-39-40-41-43-45-47-49-51-53-55-57-62(65)67-60(58-63)59-66-61(64)56-54-52-50-48-46-44-42-20-18-16-14-12-10-8-6-4-2/h5,7,11,13-14,16-17,19-20,22-23,25-26,42,60,63H,3-4,6,8-10,12,15,18,21,24,27-41,43-59H2,1-2H3/b7-5-,13-11-,16-14-,19-17-,23-22-,26-25-,42-20-. The Bertz CT molecular complexity index is 1240. The molecule has 0 aliphatic carbocycles. The Morgan fingerprint density at radius 1 is 0.358 bits per heavy atom. The lowest BCUT2D eigenvalue weighted by molar-refractivity contribution is -0.161. The number of unbranched alkanes of at least 4 members (excludes halogenated alkanes) is 30. The van der Waals surface area contributed by atoms with Crippen molar-refractivity contribution in [3.8, 4) is 0 Å². The number of rotatable bonds is 52. The first-order valence-electron chi connectivity index (χ1n) is 28.6. The van der Waals surface area contributed by atoms with Gasteiger partial charge in [0.25, 0.3) is 0 Å². The number of hydrogen-bond donors (Lipinski definition) is 1. The fourth-order valence-corrected chi connectivity index (χ4v) is 8.14. The highest BCUT2D eigenvalue weighted by Crippen LogP contribution is 2.16. The van der Waals surface area contributed by atoms with Crippen LogP contribution in [0.1, 0.15) is 277 Å². The number of allylic oxidation sites excluding steroid dienone is 14. The van der Waals surface area contributed by atoms with Gasteiger partial charge in [0.1, 0.15) is 6.61 Å². The molecule has 0 radical (unpaired) electrons. The zero-order valence-electron chi connectivity index (χ0n) is 44.1. The first-order chi connectivity index (χ1) is 33.1. The Morgan fingerprint density at radius 2 is 0.642 bits per heavy atom. The molecule has 1 N–H and O–H groups in total. The molecule has 0 aromatic rings. The predicted molar refractivity (Wildman–Crippen MR) is 293 cm³/mol. The van der Waals surface area contributed by atoms with Crippen LogP contribution in [0.3, 0.4) is 0 Å². The third kappa shape index (κ3) is 55.6. The molecule has 0 aliphatic heterocycles. The topological polar surface area (TPSA) is 72.8 Å². The molecule has 5 heteroatoms. The lowest BCUT2D eigenvalue weighted by Crippen LogP contribution is -2.28. The SMILES string of the molecule is CC/C=C\C/C=C\C/C=C\C/C=C\C/C=C\CCCCCCCCCCCCCCCCCCCCCCCC(=O)OC(CO)COC(=O)CCCCCCC/C=C\C/C=C\CCCCCC. The second-order valence-electron chi connectivity index (χ2n) is 19.0. The van der Waals surface area contributed by atoms with Crippen LogP contribution in [0.4, 0.5) is 0 Å². The third-order valence-electron chi connectivity index (χ3n) is 12.4. The van der Waals surface area contributed by atoms with Crippen molar-refractivity contribution in [2.24, 2.45) is 0 Å². The molecule has 0 aromatic heterocycles. The van der Waals surface area contributed by atoms with E-state index in [9.17, 15) is 14.7 Å². The third-order valence-corrected chi connectivity index (χ3v) is 12.4. The van der Waals surface area contributed by atoms with E-state index < -0.39 is 6.10 Å².